The number of nitrogens with zero attached hydrogens (tertiary/aromatic N) is 3. The third kappa shape index (κ3) is 3.97. The second-order valence-electron chi connectivity index (χ2n) is 5.43. The molecule has 7 heteroatoms. The zero-order chi connectivity index (χ0) is 18.5. The molecule has 0 bridgehead atoms. The monoisotopic (exact) mass is 370 g/mol. The van der Waals surface area contributed by atoms with Crippen LogP contribution in [-0.4, -0.2) is 22.4 Å². The first-order chi connectivity index (χ1) is 12.6. The van der Waals surface area contributed by atoms with Crippen molar-refractivity contribution in [2.24, 2.45) is 0 Å². The predicted molar refractivity (Wildman–Crippen MR) is 101 cm³/mol. The van der Waals surface area contributed by atoms with Crippen molar-refractivity contribution < 1.29 is 9.18 Å². The number of carbonyl (C=O) groups is 1. The van der Waals surface area contributed by atoms with Crippen molar-refractivity contribution >= 4 is 34.8 Å². The molecule has 132 valence electrons. The largest absolute Gasteiger partial charge is 0.322 e. The molecule has 0 radical (unpaired) electrons. The van der Waals surface area contributed by atoms with Crippen molar-refractivity contribution in [3.8, 4) is 0 Å². The van der Waals surface area contributed by atoms with Gasteiger partial charge in [-0.15, -0.1) is 0 Å². The van der Waals surface area contributed by atoms with E-state index in [1.54, 1.807) is 0 Å². The maximum atomic E-state index is 13.2. The van der Waals surface area contributed by atoms with E-state index in [2.05, 4.69) is 15.3 Å². The van der Waals surface area contributed by atoms with Crippen molar-refractivity contribution in [1.29, 1.82) is 0 Å². The molecule has 1 heterocycles. The summed E-state index contributed by atoms with van der Waals surface area (Å²) in [5.41, 5.74) is 1.65. The molecule has 0 saturated carbocycles. The van der Waals surface area contributed by atoms with Crippen LogP contribution >= 0.6 is 11.6 Å². The van der Waals surface area contributed by atoms with Crippen molar-refractivity contribution in [3.05, 3.63) is 77.3 Å². The summed E-state index contributed by atoms with van der Waals surface area (Å²) in [4.78, 5) is 22.8. The average Bonchev–Trinajstić information content (AvgIpc) is 2.67. The topological polar surface area (TPSA) is 58.1 Å². The summed E-state index contributed by atoms with van der Waals surface area (Å²) in [5.74, 6) is -0.444. The Morgan fingerprint density at radius 1 is 1.15 bits per heavy atom. The summed E-state index contributed by atoms with van der Waals surface area (Å²) in [6.45, 7) is 2.68. The third-order valence-corrected chi connectivity index (χ3v) is 3.99. The zero-order valence-corrected chi connectivity index (χ0v) is 14.7. The molecule has 0 saturated heterocycles. The van der Waals surface area contributed by atoms with Crippen molar-refractivity contribution in [2.75, 3.05) is 16.8 Å². The Kier molecular flexibility index (Phi) is 5.43. The molecule has 0 spiro atoms. The van der Waals surface area contributed by atoms with Gasteiger partial charge < -0.3 is 10.2 Å². The molecule has 5 nitrogen and oxygen atoms in total. The maximum Gasteiger partial charge on any atom is 0.258 e. The van der Waals surface area contributed by atoms with E-state index in [0.29, 0.717) is 23.7 Å². The second kappa shape index (κ2) is 7.93. The summed E-state index contributed by atoms with van der Waals surface area (Å²) >= 11 is 5.72. The average molecular weight is 371 g/mol. The summed E-state index contributed by atoms with van der Waals surface area (Å²) < 4.78 is 13.2. The Balaban J connectivity index is 1.76. The molecule has 0 fully saturated rings. The van der Waals surface area contributed by atoms with E-state index in [1.807, 2.05) is 42.2 Å². The van der Waals surface area contributed by atoms with Gasteiger partial charge >= 0.3 is 0 Å². The van der Waals surface area contributed by atoms with Crippen LogP contribution in [0.2, 0.25) is 5.02 Å². The Morgan fingerprint density at radius 2 is 1.85 bits per heavy atom. The highest BCUT2D eigenvalue weighted by molar-refractivity contribution is 6.31. The van der Waals surface area contributed by atoms with E-state index in [9.17, 15) is 9.18 Å². The molecule has 0 aliphatic heterocycles. The van der Waals surface area contributed by atoms with E-state index >= 15 is 0 Å². The number of rotatable bonds is 5. The highest BCUT2D eigenvalue weighted by Gasteiger charge is 2.13. The van der Waals surface area contributed by atoms with Gasteiger partial charge in [-0.2, -0.15) is 0 Å². The number of halogens is 2. The molecule has 0 unspecified atom stereocenters. The van der Waals surface area contributed by atoms with Crippen LogP contribution in [-0.2, 0) is 0 Å². The molecular formula is C19H16ClFN4O. The molecule has 26 heavy (non-hydrogen) atoms. The highest BCUT2D eigenvalue weighted by Crippen LogP contribution is 2.22. The number of aromatic nitrogens is 2. The summed E-state index contributed by atoms with van der Waals surface area (Å²) in [6.07, 6.45) is 2.91. The molecular weight excluding hydrogens is 355 g/mol. The van der Waals surface area contributed by atoms with Crippen LogP contribution in [0.4, 0.5) is 21.7 Å². The van der Waals surface area contributed by atoms with Crippen LogP contribution in [0.15, 0.2) is 60.9 Å². The first-order valence-electron chi connectivity index (χ1n) is 7.99. The second-order valence-corrected chi connectivity index (χ2v) is 5.84. The molecule has 0 aliphatic rings. The minimum atomic E-state index is -0.544. The Morgan fingerprint density at radius 3 is 2.46 bits per heavy atom. The van der Waals surface area contributed by atoms with E-state index in [4.69, 9.17) is 11.6 Å². The van der Waals surface area contributed by atoms with Crippen LogP contribution in [0.5, 0.6) is 0 Å². The van der Waals surface area contributed by atoms with Crippen molar-refractivity contribution in [3.63, 3.8) is 0 Å². The molecule has 0 aliphatic carbocycles. The van der Waals surface area contributed by atoms with Crippen LogP contribution in [0, 0.1) is 5.82 Å². The lowest BCUT2D eigenvalue weighted by Gasteiger charge is -2.20. The van der Waals surface area contributed by atoms with Gasteiger partial charge in [-0.25, -0.2) is 14.4 Å². The van der Waals surface area contributed by atoms with Gasteiger partial charge in [-0.05, 0) is 37.3 Å². The van der Waals surface area contributed by atoms with Gasteiger partial charge in [0.1, 0.15) is 5.82 Å². The number of para-hydroxylation sites is 1. The summed E-state index contributed by atoms with van der Waals surface area (Å²) in [7, 11) is 0. The van der Waals surface area contributed by atoms with E-state index in [0.717, 1.165) is 5.69 Å². The van der Waals surface area contributed by atoms with Gasteiger partial charge in [-0.1, -0.05) is 29.8 Å². The highest BCUT2D eigenvalue weighted by atomic mass is 35.5. The van der Waals surface area contributed by atoms with Gasteiger partial charge in [0.2, 0.25) is 5.95 Å². The summed E-state index contributed by atoms with van der Waals surface area (Å²) in [5, 5.41) is 2.58. The Labute approximate surface area is 155 Å². The van der Waals surface area contributed by atoms with E-state index < -0.39 is 11.7 Å². The van der Waals surface area contributed by atoms with Crippen LogP contribution in [0.25, 0.3) is 0 Å². The van der Waals surface area contributed by atoms with E-state index in [-0.39, 0.29) is 5.02 Å². The molecule has 1 N–H and O–H groups in total. The minimum Gasteiger partial charge on any atom is -0.322 e. The van der Waals surface area contributed by atoms with Gasteiger partial charge in [-0.3, -0.25) is 4.79 Å². The lowest BCUT2D eigenvalue weighted by molar-refractivity contribution is 0.102. The van der Waals surface area contributed by atoms with Gasteiger partial charge in [0.05, 0.1) is 10.6 Å². The van der Waals surface area contributed by atoms with Crippen molar-refractivity contribution in [2.45, 2.75) is 6.92 Å². The summed E-state index contributed by atoms with van der Waals surface area (Å²) in [6, 6.07) is 13.7. The molecule has 1 amide bonds. The number of carbonyl (C=O) groups excluding carboxylic acids is 1. The van der Waals surface area contributed by atoms with E-state index in [1.165, 1.54) is 30.6 Å². The molecule has 3 aromatic rings. The fraction of sp³-hybridized carbons (Fsp3) is 0.105. The zero-order valence-electron chi connectivity index (χ0n) is 14.0. The number of benzene rings is 2. The van der Waals surface area contributed by atoms with Crippen molar-refractivity contribution in [1.82, 2.24) is 9.97 Å². The quantitative estimate of drug-likeness (QED) is 0.708. The molecule has 1 aromatic heterocycles. The fourth-order valence-corrected chi connectivity index (χ4v) is 2.58. The standard InChI is InChI=1S/C19H16ClFN4O/c1-2-25(15-6-4-3-5-7-15)19-22-11-13(12-23-19)18(26)24-14-8-9-17(21)16(20)10-14/h3-12H,2H2,1H3,(H,24,26). The number of hydrogen-bond acceptors (Lipinski definition) is 4. The Hall–Kier alpha value is -2.99. The lowest BCUT2D eigenvalue weighted by Crippen LogP contribution is -2.20. The number of anilines is 3. The predicted octanol–water partition coefficient (Wildman–Crippen LogP) is 4.68. The first-order valence-corrected chi connectivity index (χ1v) is 8.37. The smallest absolute Gasteiger partial charge is 0.258 e. The molecule has 0 atom stereocenters. The fourth-order valence-electron chi connectivity index (χ4n) is 2.40. The minimum absolute atomic E-state index is 0.0594. The van der Waals surface area contributed by atoms with Gasteiger partial charge in [0.15, 0.2) is 0 Å². The maximum absolute atomic E-state index is 13.2. The number of amides is 1. The molecule has 3 rings (SSSR count). The van der Waals surface area contributed by atoms with Gasteiger partial charge in [0, 0.05) is 30.3 Å². The third-order valence-electron chi connectivity index (χ3n) is 3.70. The molecule has 2 aromatic carbocycles. The normalized spacial score (nSPS) is 10.4. The first kappa shape index (κ1) is 17.8. The number of hydrogen-bond donors (Lipinski definition) is 1. The SMILES string of the molecule is CCN(c1ccccc1)c1ncc(C(=O)Nc2ccc(F)c(Cl)c2)cn1. The van der Waals surface area contributed by atoms with Crippen LogP contribution < -0.4 is 10.2 Å². The lowest BCUT2D eigenvalue weighted by atomic mass is 10.2. The van der Waals surface area contributed by atoms with Gasteiger partial charge in [0.25, 0.3) is 5.91 Å². The van der Waals surface area contributed by atoms with Crippen LogP contribution in [0.3, 0.4) is 0 Å². The van der Waals surface area contributed by atoms with Crippen LogP contribution in [0.1, 0.15) is 17.3 Å². The Bertz CT molecular complexity index is 903. The number of nitrogens with one attached hydrogen (secondary N) is 1.